The molecule has 0 radical (unpaired) electrons. The second-order valence-electron chi connectivity index (χ2n) is 5.79. The standard InChI is InChI=1S/C17H28N4O.HI/c1-4-22-13-15-7-10-21(12-15)17(18-3)20-9-6-16-5-8-19-11-14(16)2;/h5,8,11,15H,4,6-7,9-10,12-13H2,1-3H3,(H,18,20);1H. The lowest BCUT2D eigenvalue weighted by Gasteiger charge is -2.22. The van der Waals surface area contributed by atoms with Gasteiger partial charge in [-0.3, -0.25) is 9.98 Å². The lowest BCUT2D eigenvalue weighted by molar-refractivity contribution is 0.114. The highest BCUT2D eigenvalue weighted by Gasteiger charge is 2.24. The normalized spacial score (nSPS) is 18.0. The highest BCUT2D eigenvalue weighted by Crippen LogP contribution is 2.16. The van der Waals surface area contributed by atoms with Crippen LogP contribution < -0.4 is 5.32 Å². The summed E-state index contributed by atoms with van der Waals surface area (Å²) in [4.78, 5) is 10.9. The van der Waals surface area contributed by atoms with Crippen LogP contribution in [-0.4, -0.2) is 55.7 Å². The molecule has 0 bridgehead atoms. The summed E-state index contributed by atoms with van der Waals surface area (Å²) in [6.07, 6.45) is 5.95. The highest BCUT2D eigenvalue weighted by atomic mass is 127. The largest absolute Gasteiger partial charge is 0.381 e. The number of nitrogens with one attached hydrogen (secondary N) is 1. The van der Waals surface area contributed by atoms with Crippen molar-refractivity contribution in [2.45, 2.75) is 26.7 Å². The number of halogens is 1. The molecule has 1 atom stereocenters. The van der Waals surface area contributed by atoms with Crippen LogP contribution in [0, 0.1) is 12.8 Å². The van der Waals surface area contributed by atoms with Crippen molar-refractivity contribution in [1.29, 1.82) is 0 Å². The first-order chi connectivity index (χ1) is 10.7. The molecule has 0 aliphatic carbocycles. The number of likely N-dealkylation sites (tertiary alicyclic amines) is 1. The zero-order valence-corrected chi connectivity index (χ0v) is 16.7. The van der Waals surface area contributed by atoms with Crippen molar-refractivity contribution in [3.63, 3.8) is 0 Å². The first-order valence-electron chi connectivity index (χ1n) is 8.17. The Morgan fingerprint density at radius 1 is 1.52 bits per heavy atom. The molecule has 5 nitrogen and oxygen atoms in total. The average Bonchev–Trinajstić information content (AvgIpc) is 3.00. The molecule has 0 spiro atoms. The van der Waals surface area contributed by atoms with Gasteiger partial charge in [-0.1, -0.05) is 0 Å². The van der Waals surface area contributed by atoms with Crippen molar-refractivity contribution >= 4 is 29.9 Å². The lowest BCUT2D eigenvalue weighted by Crippen LogP contribution is -2.41. The molecular weight excluding hydrogens is 403 g/mol. The van der Waals surface area contributed by atoms with E-state index in [2.05, 4.69) is 33.2 Å². The molecule has 23 heavy (non-hydrogen) atoms. The van der Waals surface area contributed by atoms with Gasteiger partial charge in [0, 0.05) is 51.6 Å². The molecule has 6 heteroatoms. The van der Waals surface area contributed by atoms with E-state index in [0.717, 1.165) is 45.2 Å². The fraction of sp³-hybridized carbons (Fsp3) is 0.647. The third kappa shape index (κ3) is 6.25. The maximum Gasteiger partial charge on any atom is 0.193 e. The zero-order chi connectivity index (χ0) is 15.8. The van der Waals surface area contributed by atoms with Crippen molar-refractivity contribution in [2.75, 3.05) is 39.9 Å². The molecule has 0 aromatic carbocycles. The quantitative estimate of drug-likeness (QED) is 0.427. The van der Waals surface area contributed by atoms with E-state index in [4.69, 9.17) is 4.74 Å². The van der Waals surface area contributed by atoms with Crippen LogP contribution in [0.5, 0.6) is 0 Å². The number of nitrogens with zero attached hydrogens (tertiary/aromatic N) is 3. The van der Waals surface area contributed by atoms with E-state index in [1.165, 1.54) is 17.5 Å². The predicted octanol–water partition coefficient (Wildman–Crippen LogP) is 2.48. The number of rotatable bonds is 6. The Bertz CT molecular complexity index is 495. The maximum absolute atomic E-state index is 5.54. The van der Waals surface area contributed by atoms with Gasteiger partial charge < -0.3 is 15.0 Å². The average molecular weight is 432 g/mol. The maximum atomic E-state index is 5.54. The molecule has 2 heterocycles. The number of guanidine groups is 1. The topological polar surface area (TPSA) is 49.8 Å². The molecule has 1 aromatic rings. The number of aliphatic imine (C=N–C) groups is 1. The third-order valence-corrected chi connectivity index (χ3v) is 4.17. The highest BCUT2D eigenvalue weighted by molar-refractivity contribution is 14.0. The smallest absolute Gasteiger partial charge is 0.193 e. The van der Waals surface area contributed by atoms with E-state index < -0.39 is 0 Å². The van der Waals surface area contributed by atoms with Crippen LogP contribution in [0.4, 0.5) is 0 Å². The summed E-state index contributed by atoms with van der Waals surface area (Å²) in [6, 6.07) is 2.09. The van der Waals surface area contributed by atoms with E-state index in [-0.39, 0.29) is 24.0 Å². The van der Waals surface area contributed by atoms with Gasteiger partial charge in [-0.15, -0.1) is 24.0 Å². The van der Waals surface area contributed by atoms with E-state index in [0.29, 0.717) is 5.92 Å². The number of aryl methyl sites for hydroxylation is 1. The Balaban J connectivity index is 0.00000264. The summed E-state index contributed by atoms with van der Waals surface area (Å²) < 4.78 is 5.54. The van der Waals surface area contributed by atoms with E-state index in [9.17, 15) is 0 Å². The summed E-state index contributed by atoms with van der Waals surface area (Å²) in [6.45, 7) is 8.81. The molecule has 130 valence electrons. The summed E-state index contributed by atoms with van der Waals surface area (Å²) in [7, 11) is 1.86. The van der Waals surface area contributed by atoms with Crippen molar-refractivity contribution in [2.24, 2.45) is 10.9 Å². The minimum absolute atomic E-state index is 0. The SMILES string of the molecule is CCOCC1CCN(C(=NC)NCCc2ccncc2C)C1.I. The summed E-state index contributed by atoms with van der Waals surface area (Å²) in [5.41, 5.74) is 2.59. The molecule has 1 unspecified atom stereocenters. The lowest BCUT2D eigenvalue weighted by atomic mass is 10.1. The minimum Gasteiger partial charge on any atom is -0.381 e. The Hall–Kier alpha value is -0.890. The van der Waals surface area contributed by atoms with Gasteiger partial charge in [0.2, 0.25) is 0 Å². The third-order valence-electron chi connectivity index (χ3n) is 4.17. The predicted molar refractivity (Wildman–Crippen MR) is 106 cm³/mol. The number of pyridine rings is 1. The van der Waals surface area contributed by atoms with Crippen LogP contribution in [0.3, 0.4) is 0 Å². The molecule has 1 aromatic heterocycles. The van der Waals surface area contributed by atoms with Gasteiger partial charge >= 0.3 is 0 Å². The molecule has 1 aliphatic heterocycles. The van der Waals surface area contributed by atoms with E-state index >= 15 is 0 Å². The molecule has 1 N–H and O–H groups in total. The van der Waals surface area contributed by atoms with E-state index in [1.54, 1.807) is 0 Å². The van der Waals surface area contributed by atoms with Gasteiger partial charge in [0.25, 0.3) is 0 Å². The molecule has 0 saturated carbocycles. The van der Waals surface area contributed by atoms with Crippen molar-refractivity contribution < 1.29 is 4.74 Å². The molecule has 2 rings (SSSR count). The van der Waals surface area contributed by atoms with Crippen LogP contribution in [0.25, 0.3) is 0 Å². The van der Waals surface area contributed by atoms with Crippen molar-refractivity contribution in [3.05, 3.63) is 29.6 Å². The second-order valence-corrected chi connectivity index (χ2v) is 5.79. The Labute approximate surface area is 156 Å². The zero-order valence-electron chi connectivity index (χ0n) is 14.4. The van der Waals surface area contributed by atoms with Crippen molar-refractivity contribution in [1.82, 2.24) is 15.2 Å². The van der Waals surface area contributed by atoms with Crippen LogP contribution >= 0.6 is 24.0 Å². The minimum atomic E-state index is 0. The van der Waals surface area contributed by atoms with Gasteiger partial charge in [-0.2, -0.15) is 0 Å². The molecule has 1 fully saturated rings. The number of ether oxygens (including phenoxy) is 1. The fourth-order valence-corrected chi connectivity index (χ4v) is 2.87. The number of hydrogen-bond acceptors (Lipinski definition) is 3. The second kappa shape index (κ2) is 10.8. The summed E-state index contributed by atoms with van der Waals surface area (Å²) in [5, 5.41) is 3.48. The molecule has 1 saturated heterocycles. The number of hydrogen-bond donors (Lipinski definition) is 1. The van der Waals surface area contributed by atoms with Gasteiger partial charge in [0.05, 0.1) is 6.61 Å². The molecule has 0 amide bonds. The summed E-state index contributed by atoms with van der Waals surface area (Å²) >= 11 is 0. The summed E-state index contributed by atoms with van der Waals surface area (Å²) in [5.74, 6) is 1.63. The van der Waals surface area contributed by atoms with Crippen LogP contribution in [0.1, 0.15) is 24.5 Å². The van der Waals surface area contributed by atoms with Gasteiger partial charge in [-0.05, 0) is 43.9 Å². The first kappa shape index (κ1) is 20.2. The van der Waals surface area contributed by atoms with Gasteiger partial charge in [0.15, 0.2) is 5.96 Å². The monoisotopic (exact) mass is 432 g/mol. The van der Waals surface area contributed by atoms with Gasteiger partial charge in [0.1, 0.15) is 0 Å². The Morgan fingerprint density at radius 2 is 2.35 bits per heavy atom. The molecular formula is C17H29IN4O. The van der Waals surface area contributed by atoms with E-state index in [1.807, 2.05) is 26.4 Å². The Kier molecular flexibility index (Phi) is 9.47. The Morgan fingerprint density at radius 3 is 3.04 bits per heavy atom. The fourth-order valence-electron chi connectivity index (χ4n) is 2.87. The molecule has 1 aliphatic rings. The first-order valence-corrected chi connectivity index (χ1v) is 8.17. The van der Waals surface area contributed by atoms with Crippen LogP contribution in [0.15, 0.2) is 23.5 Å². The van der Waals surface area contributed by atoms with Crippen LogP contribution in [-0.2, 0) is 11.2 Å². The van der Waals surface area contributed by atoms with Crippen LogP contribution in [0.2, 0.25) is 0 Å². The van der Waals surface area contributed by atoms with Gasteiger partial charge in [-0.25, -0.2) is 0 Å². The number of aromatic nitrogens is 1. The van der Waals surface area contributed by atoms with Crippen molar-refractivity contribution in [3.8, 4) is 0 Å².